The maximum atomic E-state index is 13.5. The van der Waals surface area contributed by atoms with Crippen LogP contribution in [0, 0.1) is 12.8 Å². The van der Waals surface area contributed by atoms with E-state index in [0.29, 0.717) is 29.9 Å². The third kappa shape index (κ3) is 4.44. The second kappa shape index (κ2) is 9.85. The lowest BCUT2D eigenvalue weighted by Gasteiger charge is -2.17. The summed E-state index contributed by atoms with van der Waals surface area (Å²) in [7, 11) is -3.84. The summed E-state index contributed by atoms with van der Waals surface area (Å²) < 4.78 is 35.7. The number of aromatic nitrogens is 4. The zero-order chi connectivity index (χ0) is 27.1. The average Bonchev–Trinajstić information content (AvgIpc) is 3.68. The minimum atomic E-state index is -3.84. The molecule has 39 heavy (non-hydrogen) atoms. The van der Waals surface area contributed by atoms with E-state index in [2.05, 4.69) is 16.9 Å². The van der Waals surface area contributed by atoms with Crippen LogP contribution >= 0.6 is 0 Å². The van der Waals surface area contributed by atoms with E-state index < -0.39 is 10.0 Å². The zero-order valence-electron chi connectivity index (χ0n) is 21.8. The van der Waals surface area contributed by atoms with Gasteiger partial charge in [0.1, 0.15) is 6.61 Å². The van der Waals surface area contributed by atoms with Crippen LogP contribution in [-0.4, -0.2) is 50.8 Å². The van der Waals surface area contributed by atoms with E-state index in [1.165, 1.54) is 10.2 Å². The monoisotopic (exact) mass is 543 g/mol. The third-order valence-electron chi connectivity index (χ3n) is 7.55. The van der Waals surface area contributed by atoms with Crippen molar-refractivity contribution in [2.24, 2.45) is 5.92 Å². The number of amides is 1. The fourth-order valence-corrected chi connectivity index (χ4v) is 6.70. The van der Waals surface area contributed by atoms with Crippen LogP contribution in [0.1, 0.15) is 36.1 Å². The Bertz CT molecular complexity index is 1760. The van der Waals surface area contributed by atoms with Gasteiger partial charge < -0.3 is 9.64 Å². The molecule has 0 N–H and O–H groups in total. The molecule has 2 aromatic carbocycles. The molecule has 1 aliphatic heterocycles. The predicted molar refractivity (Wildman–Crippen MR) is 147 cm³/mol. The SMILES string of the molecule is CCC1CN(C(=O)OCc2ccccc2)CC1c1cnc2cnc3c(ccn3S(=O)(=O)c3ccc(C)cc3)n12. The minimum absolute atomic E-state index is 0.0110. The molecule has 2 atom stereocenters. The molecule has 200 valence electrons. The van der Waals surface area contributed by atoms with Crippen molar-refractivity contribution in [1.29, 1.82) is 0 Å². The summed E-state index contributed by atoms with van der Waals surface area (Å²) in [5.74, 6) is 0.215. The first kappa shape index (κ1) is 25.1. The molecule has 4 heterocycles. The highest BCUT2D eigenvalue weighted by Gasteiger charge is 2.38. The summed E-state index contributed by atoms with van der Waals surface area (Å²) in [6.07, 6.45) is 5.48. The molecule has 1 fully saturated rings. The average molecular weight is 544 g/mol. The number of hydrogen-bond acceptors (Lipinski definition) is 6. The van der Waals surface area contributed by atoms with Crippen LogP contribution in [0.2, 0.25) is 0 Å². The van der Waals surface area contributed by atoms with Crippen molar-refractivity contribution < 1.29 is 17.9 Å². The van der Waals surface area contributed by atoms with Crippen LogP contribution in [-0.2, 0) is 21.4 Å². The van der Waals surface area contributed by atoms with Gasteiger partial charge in [-0.2, -0.15) is 0 Å². The van der Waals surface area contributed by atoms with Gasteiger partial charge in [0, 0.05) is 37.1 Å². The number of carbonyl (C=O) groups is 1. The van der Waals surface area contributed by atoms with E-state index in [0.717, 1.165) is 23.2 Å². The quantitative estimate of drug-likeness (QED) is 0.299. The molecule has 6 rings (SSSR count). The zero-order valence-corrected chi connectivity index (χ0v) is 22.6. The van der Waals surface area contributed by atoms with Crippen molar-refractivity contribution in [2.45, 2.75) is 37.7 Å². The van der Waals surface area contributed by atoms with Crippen LogP contribution < -0.4 is 0 Å². The Morgan fingerprint density at radius 1 is 1.00 bits per heavy atom. The lowest BCUT2D eigenvalue weighted by atomic mass is 9.91. The second-order valence-corrected chi connectivity index (χ2v) is 11.8. The van der Waals surface area contributed by atoms with Crippen molar-refractivity contribution in [1.82, 2.24) is 23.2 Å². The van der Waals surface area contributed by atoms with Crippen LogP contribution in [0.3, 0.4) is 0 Å². The van der Waals surface area contributed by atoms with Crippen molar-refractivity contribution in [3.8, 4) is 0 Å². The summed E-state index contributed by atoms with van der Waals surface area (Å²) in [4.78, 5) is 23.9. The number of ether oxygens (including phenoxy) is 1. The molecule has 1 saturated heterocycles. The Kier molecular flexibility index (Phi) is 6.34. The summed E-state index contributed by atoms with van der Waals surface area (Å²) in [6.45, 7) is 5.33. The standard InChI is InChI=1S/C29H29N5O4S/c1-3-22-17-32(29(35)38-19-21-7-5-4-6-8-21)18-24(22)26-15-30-27-16-31-28-25(34(26)27)13-14-33(28)39(36,37)23-11-9-20(2)10-12-23/h4-16,22,24H,3,17-19H2,1-2H3. The molecular weight excluding hydrogens is 514 g/mol. The first-order valence-electron chi connectivity index (χ1n) is 13.0. The molecule has 0 aliphatic carbocycles. The Labute approximate surface area is 226 Å². The van der Waals surface area contributed by atoms with Gasteiger partial charge in [0.25, 0.3) is 10.0 Å². The topological polar surface area (TPSA) is 98.8 Å². The highest BCUT2D eigenvalue weighted by molar-refractivity contribution is 7.90. The number of imidazole rings is 1. The molecule has 0 spiro atoms. The largest absolute Gasteiger partial charge is 0.445 e. The van der Waals surface area contributed by atoms with E-state index in [-0.39, 0.29) is 29.4 Å². The maximum Gasteiger partial charge on any atom is 0.410 e. The van der Waals surface area contributed by atoms with Gasteiger partial charge in [0.2, 0.25) is 0 Å². The van der Waals surface area contributed by atoms with Crippen molar-refractivity contribution in [2.75, 3.05) is 13.1 Å². The molecule has 1 amide bonds. The van der Waals surface area contributed by atoms with Crippen LogP contribution in [0.15, 0.2) is 84.1 Å². The Hall–Kier alpha value is -4.18. The van der Waals surface area contributed by atoms with Gasteiger partial charge in [-0.25, -0.2) is 27.2 Å². The highest BCUT2D eigenvalue weighted by atomic mass is 32.2. The summed E-state index contributed by atoms with van der Waals surface area (Å²) >= 11 is 0. The van der Waals surface area contributed by atoms with Gasteiger partial charge in [-0.1, -0.05) is 61.4 Å². The third-order valence-corrected chi connectivity index (χ3v) is 9.23. The van der Waals surface area contributed by atoms with Crippen LogP contribution in [0.5, 0.6) is 0 Å². The van der Waals surface area contributed by atoms with Gasteiger partial charge in [-0.3, -0.25) is 4.40 Å². The highest BCUT2D eigenvalue weighted by Crippen LogP contribution is 2.36. The molecular formula is C29H29N5O4S. The Morgan fingerprint density at radius 3 is 2.51 bits per heavy atom. The number of hydrogen-bond donors (Lipinski definition) is 0. The number of nitrogens with zero attached hydrogens (tertiary/aromatic N) is 5. The van der Waals surface area contributed by atoms with E-state index in [9.17, 15) is 13.2 Å². The summed E-state index contributed by atoms with van der Waals surface area (Å²) in [6, 6.07) is 18.1. The smallest absolute Gasteiger partial charge is 0.410 e. The van der Waals surface area contributed by atoms with Gasteiger partial charge in [0.15, 0.2) is 11.3 Å². The second-order valence-electron chi connectivity index (χ2n) is 9.99. The minimum Gasteiger partial charge on any atom is -0.445 e. The number of fused-ring (bicyclic) bond motifs is 3. The number of rotatable bonds is 6. The number of aryl methyl sites for hydroxylation is 1. The van der Waals surface area contributed by atoms with Gasteiger partial charge in [0.05, 0.1) is 16.6 Å². The fraction of sp³-hybridized carbons (Fsp3) is 0.276. The lowest BCUT2D eigenvalue weighted by Crippen LogP contribution is -2.29. The molecule has 10 heteroatoms. The molecule has 5 aromatic rings. The number of likely N-dealkylation sites (tertiary alicyclic amines) is 1. The molecule has 9 nitrogen and oxygen atoms in total. The summed E-state index contributed by atoms with van der Waals surface area (Å²) in [5.41, 5.74) is 4.45. The fourth-order valence-electron chi connectivity index (χ4n) is 5.41. The normalized spacial score (nSPS) is 17.7. The number of carbonyl (C=O) groups excluding carboxylic acids is 1. The Morgan fingerprint density at radius 2 is 1.77 bits per heavy atom. The van der Waals surface area contributed by atoms with Gasteiger partial charge in [-0.15, -0.1) is 0 Å². The Balaban J connectivity index is 1.33. The van der Waals surface area contributed by atoms with Crippen molar-refractivity contribution in [3.05, 3.63) is 96.1 Å². The van der Waals surface area contributed by atoms with Gasteiger partial charge in [-0.05, 0) is 36.6 Å². The molecule has 0 bridgehead atoms. The van der Waals surface area contributed by atoms with Crippen molar-refractivity contribution in [3.63, 3.8) is 0 Å². The summed E-state index contributed by atoms with van der Waals surface area (Å²) in [5, 5.41) is 0. The van der Waals surface area contributed by atoms with Gasteiger partial charge >= 0.3 is 6.09 Å². The van der Waals surface area contributed by atoms with Crippen LogP contribution in [0.25, 0.3) is 16.8 Å². The lowest BCUT2D eigenvalue weighted by molar-refractivity contribution is 0.103. The molecule has 2 unspecified atom stereocenters. The molecule has 0 radical (unpaired) electrons. The maximum absolute atomic E-state index is 13.5. The molecule has 0 saturated carbocycles. The van der Waals surface area contributed by atoms with E-state index in [1.54, 1.807) is 41.4 Å². The number of benzene rings is 2. The first-order chi connectivity index (χ1) is 18.9. The van der Waals surface area contributed by atoms with E-state index in [4.69, 9.17) is 4.74 Å². The first-order valence-corrected chi connectivity index (χ1v) is 14.4. The van der Waals surface area contributed by atoms with E-state index >= 15 is 0 Å². The van der Waals surface area contributed by atoms with E-state index in [1.807, 2.05) is 47.9 Å². The molecule has 1 aliphatic rings. The molecule has 3 aromatic heterocycles. The predicted octanol–water partition coefficient (Wildman–Crippen LogP) is 4.99. The van der Waals surface area contributed by atoms with Crippen LogP contribution in [0.4, 0.5) is 4.79 Å². The van der Waals surface area contributed by atoms with Crippen molar-refractivity contribution >= 4 is 32.9 Å².